The summed E-state index contributed by atoms with van der Waals surface area (Å²) in [4.78, 5) is 0. The lowest BCUT2D eigenvalue weighted by Gasteiger charge is -2.16. The van der Waals surface area contributed by atoms with E-state index in [1.165, 1.54) is 23.4 Å². The van der Waals surface area contributed by atoms with Gasteiger partial charge in [-0.1, -0.05) is 25.5 Å². The van der Waals surface area contributed by atoms with Gasteiger partial charge in [-0.2, -0.15) is 18.3 Å². The summed E-state index contributed by atoms with van der Waals surface area (Å²) in [5.41, 5.74) is 3.82. The number of benzene rings is 1. The van der Waals surface area contributed by atoms with Crippen LogP contribution in [-0.2, 0) is 32.1 Å². The molecule has 0 bridgehead atoms. The van der Waals surface area contributed by atoms with E-state index in [4.69, 9.17) is 5.10 Å². The number of halogens is 3. The van der Waals surface area contributed by atoms with Gasteiger partial charge in [0.25, 0.3) is 0 Å². The third-order valence-electron chi connectivity index (χ3n) is 4.19. The van der Waals surface area contributed by atoms with E-state index in [0.29, 0.717) is 6.54 Å². The van der Waals surface area contributed by atoms with Gasteiger partial charge >= 0.3 is 6.18 Å². The standard InChI is InChI=1S/C17H20F3N3/c1-2-3-15-14-10-21-9-8-16(14)23(22-15)11-12-4-6-13(7-5-12)17(18,19)20/h4-7,21H,2-3,8-11H2,1H3. The van der Waals surface area contributed by atoms with Gasteiger partial charge in [0.05, 0.1) is 17.8 Å². The zero-order chi connectivity index (χ0) is 16.4. The molecule has 1 aliphatic rings. The molecule has 0 radical (unpaired) electrons. The molecule has 0 aliphatic carbocycles. The van der Waals surface area contributed by atoms with Gasteiger partial charge < -0.3 is 5.32 Å². The second kappa shape index (κ2) is 6.35. The first-order valence-corrected chi connectivity index (χ1v) is 7.93. The first kappa shape index (κ1) is 16.1. The van der Waals surface area contributed by atoms with Crippen LogP contribution in [-0.4, -0.2) is 16.3 Å². The topological polar surface area (TPSA) is 29.9 Å². The highest BCUT2D eigenvalue weighted by atomic mass is 19.4. The summed E-state index contributed by atoms with van der Waals surface area (Å²) in [7, 11) is 0. The van der Waals surface area contributed by atoms with E-state index in [9.17, 15) is 13.2 Å². The lowest BCUT2D eigenvalue weighted by Crippen LogP contribution is -2.25. The van der Waals surface area contributed by atoms with Gasteiger partial charge in [0.2, 0.25) is 0 Å². The van der Waals surface area contributed by atoms with Crippen LogP contribution in [0.25, 0.3) is 0 Å². The van der Waals surface area contributed by atoms with Crippen molar-refractivity contribution in [2.24, 2.45) is 0 Å². The van der Waals surface area contributed by atoms with E-state index >= 15 is 0 Å². The van der Waals surface area contributed by atoms with Gasteiger partial charge in [0, 0.05) is 30.8 Å². The first-order chi connectivity index (χ1) is 11.0. The quantitative estimate of drug-likeness (QED) is 0.932. The number of hydrogen-bond acceptors (Lipinski definition) is 2. The average molecular weight is 323 g/mol. The fraction of sp³-hybridized carbons (Fsp3) is 0.471. The molecule has 2 aromatic rings. The lowest BCUT2D eigenvalue weighted by molar-refractivity contribution is -0.137. The van der Waals surface area contributed by atoms with Crippen molar-refractivity contribution in [3.8, 4) is 0 Å². The van der Waals surface area contributed by atoms with Crippen molar-refractivity contribution in [2.45, 2.75) is 45.5 Å². The number of nitrogens with zero attached hydrogens (tertiary/aromatic N) is 2. The van der Waals surface area contributed by atoms with Gasteiger partial charge in [0.1, 0.15) is 0 Å². The molecule has 0 unspecified atom stereocenters. The number of fused-ring (bicyclic) bond motifs is 1. The molecule has 0 fully saturated rings. The average Bonchev–Trinajstić information content (AvgIpc) is 2.86. The van der Waals surface area contributed by atoms with E-state index in [1.807, 2.05) is 4.68 Å². The van der Waals surface area contributed by atoms with Crippen LogP contribution in [0.5, 0.6) is 0 Å². The second-order valence-electron chi connectivity index (χ2n) is 5.90. The minimum atomic E-state index is -4.29. The molecule has 3 nitrogen and oxygen atoms in total. The predicted octanol–water partition coefficient (Wildman–Crippen LogP) is 3.55. The third-order valence-corrected chi connectivity index (χ3v) is 4.19. The minimum Gasteiger partial charge on any atom is -0.312 e. The van der Waals surface area contributed by atoms with Crippen LogP contribution in [0.1, 0.15) is 41.4 Å². The summed E-state index contributed by atoms with van der Waals surface area (Å²) in [5, 5.41) is 8.07. The van der Waals surface area contributed by atoms with E-state index < -0.39 is 11.7 Å². The molecule has 3 rings (SSSR count). The fourth-order valence-electron chi connectivity index (χ4n) is 3.03. The molecule has 0 amide bonds. The molecule has 0 spiro atoms. The Morgan fingerprint density at radius 2 is 1.96 bits per heavy atom. The van der Waals surface area contributed by atoms with Crippen LogP contribution >= 0.6 is 0 Å². The molecule has 1 aromatic carbocycles. The zero-order valence-corrected chi connectivity index (χ0v) is 13.1. The highest BCUT2D eigenvalue weighted by Crippen LogP contribution is 2.29. The molecular formula is C17H20F3N3. The van der Waals surface area contributed by atoms with E-state index in [1.54, 1.807) is 0 Å². The monoisotopic (exact) mass is 323 g/mol. The van der Waals surface area contributed by atoms with Gasteiger partial charge in [-0.15, -0.1) is 0 Å². The second-order valence-corrected chi connectivity index (χ2v) is 5.90. The third kappa shape index (κ3) is 3.42. The van der Waals surface area contributed by atoms with Crippen molar-refractivity contribution in [1.82, 2.24) is 15.1 Å². The van der Waals surface area contributed by atoms with Crippen molar-refractivity contribution >= 4 is 0 Å². The number of hydrogen-bond donors (Lipinski definition) is 1. The van der Waals surface area contributed by atoms with Crippen molar-refractivity contribution in [3.05, 3.63) is 52.3 Å². The highest BCUT2D eigenvalue weighted by molar-refractivity contribution is 5.31. The van der Waals surface area contributed by atoms with Gasteiger partial charge in [-0.3, -0.25) is 4.68 Å². The van der Waals surface area contributed by atoms with Gasteiger partial charge in [0.15, 0.2) is 0 Å². The van der Waals surface area contributed by atoms with E-state index in [2.05, 4.69) is 12.2 Å². The molecule has 1 N–H and O–H groups in total. The van der Waals surface area contributed by atoms with Gasteiger partial charge in [-0.05, 0) is 24.1 Å². The Hall–Kier alpha value is -1.82. The molecule has 1 aromatic heterocycles. The Balaban J connectivity index is 1.85. The summed E-state index contributed by atoms with van der Waals surface area (Å²) in [5.74, 6) is 0. The summed E-state index contributed by atoms with van der Waals surface area (Å²) in [6.45, 7) is 4.39. The molecule has 1 aliphatic heterocycles. The van der Waals surface area contributed by atoms with E-state index in [0.717, 1.165) is 55.7 Å². The van der Waals surface area contributed by atoms with Crippen LogP contribution in [0.3, 0.4) is 0 Å². The lowest BCUT2D eigenvalue weighted by atomic mass is 10.0. The maximum absolute atomic E-state index is 12.6. The molecule has 0 saturated carbocycles. The normalized spacial score (nSPS) is 14.8. The smallest absolute Gasteiger partial charge is 0.312 e. The highest BCUT2D eigenvalue weighted by Gasteiger charge is 2.30. The number of rotatable bonds is 4. The van der Waals surface area contributed by atoms with Crippen LogP contribution in [0.4, 0.5) is 13.2 Å². The largest absolute Gasteiger partial charge is 0.416 e. The molecular weight excluding hydrogens is 303 g/mol. The van der Waals surface area contributed by atoms with Crippen LogP contribution in [0, 0.1) is 0 Å². The number of nitrogens with one attached hydrogen (secondary N) is 1. The SMILES string of the molecule is CCCc1nn(Cc2ccc(C(F)(F)F)cc2)c2c1CNCC2. The Kier molecular flexibility index (Phi) is 4.43. The Labute approximate surface area is 133 Å². The molecule has 2 heterocycles. The number of alkyl halides is 3. The Morgan fingerprint density at radius 1 is 1.22 bits per heavy atom. The first-order valence-electron chi connectivity index (χ1n) is 7.93. The predicted molar refractivity (Wildman–Crippen MR) is 82.2 cm³/mol. The Morgan fingerprint density at radius 3 is 2.61 bits per heavy atom. The van der Waals surface area contributed by atoms with Crippen LogP contribution in [0.2, 0.25) is 0 Å². The molecule has 124 valence electrons. The minimum absolute atomic E-state index is 0.518. The van der Waals surface area contributed by atoms with Crippen LogP contribution in [0.15, 0.2) is 24.3 Å². The van der Waals surface area contributed by atoms with Crippen molar-refractivity contribution in [1.29, 1.82) is 0 Å². The van der Waals surface area contributed by atoms with Crippen molar-refractivity contribution in [2.75, 3.05) is 6.54 Å². The summed E-state index contributed by atoms with van der Waals surface area (Å²) < 4.78 is 39.9. The summed E-state index contributed by atoms with van der Waals surface area (Å²) in [6.07, 6.45) is -1.41. The van der Waals surface area contributed by atoms with Crippen molar-refractivity contribution < 1.29 is 13.2 Å². The summed E-state index contributed by atoms with van der Waals surface area (Å²) in [6, 6.07) is 5.36. The van der Waals surface area contributed by atoms with Crippen LogP contribution < -0.4 is 5.32 Å². The summed E-state index contributed by atoms with van der Waals surface area (Å²) >= 11 is 0. The number of aryl methyl sites for hydroxylation is 1. The van der Waals surface area contributed by atoms with Crippen molar-refractivity contribution in [3.63, 3.8) is 0 Å². The number of aromatic nitrogens is 2. The molecule has 6 heteroatoms. The maximum atomic E-state index is 12.6. The molecule has 0 saturated heterocycles. The molecule has 23 heavy (non-hydrogen) atoms. The molecule has 0 atom stereocenters. The van der Waals surface area contributed by atoms with Gasteiger partial charge in [-0.25, -0.2) is 0 Å². The van der Waals surface area contributed by atoms with E-state index in [-0.39, 0.29) is 0 Å². The maximum Gasteiger partial charge on any atom is 0.416 e. The Bertz CT molecular complexity index is 672. The fourth-order valence-corrected chi connectivity index (χ4v) is 3.03. The zero-order valence-electron chi connectivity index (χ0n) is 13.1.